The summed E-state index contributed by atoms with van der Waals surface area (Å²) < 4.78 is 10.7. The van der Waals surface area contributed by atoms with Crippen molar-refractivity contribution < 1.29 is 9.47 Å². The lowest BCUT2D eigenvalue weighted by Gasteiger charge is -2.17. The summed E-state index contributed by atoms with van der Waals surface area (Å²) >= 11 is 0. The number of fused-ring (bicyclic) bond motifs is 1. The molecule has 0 aliphatic heterocycles. The average molecular weight is 340 g/mol. The lowest BCUT2D eigenvalue weighted by atomic mass is 10.1. The van der Waals surface area contributed by atoms with Gasteiger partial charge in [-0.25, -0.2) is 9.97 Å². The molecule has 2 heterocycles. The molecule has 0 saturated heterocycles. The highest BCUT2D eigenvalue weighted by atomic mass is 16.5. The van der Waals surface area contributed by atoms with Crippen LogP contribution in [0.25, 0.3) is 10.9 Å². The van der Waals surface area contributed by atoms with E-state index >= 15 is 0 Å². The molecule has 0 spiro atoms. The average Bonchev–Trinajstić information content (AvgIpc) is 2.61. The Kier molecular flexibility index (Phi) is 4.56. The van der Waals surface area contributed by atoms with Gasteiger partial charge < -0.3 is 19.8 Å². The van der Waals surface area contributed by atoms with Crippen LogP contribution >= 0.6 is 0 Å². The van der Waals surface area contributed by atoms with Gasteiger partial charge in [0.25, 0.3) is 0 Å². The van der Waals surface area contributed by atoms with Crippen LogP contribution in [0.3, 0.4) is 0 Å². The first-order valence-electron chi connectivity index (χ1n) is 7.87. The Bertz CT molecular complexity index is 948. The molecule has 0 amide bonds. The van der Waals surface area contributed by atoms with E-state index in [9.17, 15) is 4.79 Å². The van der Waals surface area contributed by atoms with Gasteiger partial charge >= 0.3 is 0 Å². The molecule has 2 aromatic heterocycles. The summed E-state index contributed by atoms with van der Waals surface area (Å²) in [6, 6.07) is 6.93. The van der Waals surface area contributed by atoms with E-state index < -0.39 is 0 Å². The van der Waals surface area contributed by atoms with Gasteiger partial charge in [-0.1, -0.05) is 6.07 Å². The van der Waals surface area contributed by atoms with E-state index in [0.717, 1.165) is 16.5 Å². The van der Waals surface area contributed by atoms with Crippen LogP contribution in [-0.4, -0.2) is 29.2 Å². The van der Waals surface area contributed by atoms with Crippen molar-refractivity contribution in [2.75, 3.05) is 19.5 Å². The number of nitrogens with zero attached hydrogens (tertiary/aromatic N) is 2. The number of benzene rings is 1. The maximum absolute atomic E-state index is 11.2. The molecule has 130 valence electrons. The quantitative estimate of drug-likeness (QED) is 0.742. The Hall–Kier alpha value is -3.09. The Balaban J connectivity index is 2.05. The fourth-order valence-electron chi connectivity index (χ4n) is 2.66. The number of H-pyrrole nitrogens is 1. The Labute approximate surface area is 145 Å². The van der Waals surface area contributed by atoms with Gasteiger partial charge in [0.1, 0.15) is 11.6 Å². The minimum atomic E-state index is -0.129. The number of hydrogen-bond donors (Lipinski definition) is 2. The molecule has 3 rings (SSSR count). The van der Waals surface area contributed by atoms with E-state index in [0.29, 0.717) is 23.1 Å². The molecule has 25 heavy (non-hydrogen) atoms. The van der Waals surface area contributed by atoms with Gasteiger partial charge in [-0.15, -0.1) is 0 Å². The number of aromatic amines is 1. The van der Waals surface area contributed by atoms with Crippen LogP contribution < -0.4 is 20.3 Å². The molecule has 0 saturated carbocycles. The predicted molar refractivity (Wildman–Crippen MR) is 96.5 cm³/mol. The largest absolute Gasteiger partial charge is 0.493 e. The molecule has 0 radical (unpaired) electrons. The van der Waals surface area contributed by atoms with E-state index in [1.54, 1.807) is 26.5 Å². The number of aryl methyl sites for hydroxylation is 1. The molecular formula is C18H20N4O3. The number of hydrogen-bond acceptors (Lipinski definition) is 6. The van der Waals surface area contributed by atoms with Gasteiger partial charge in [0.15, 0.2) is 11.5 Å². The first kappa shape index (κ1) is 16.8. The van der Waals surface area contributed by atoms with E-state index in [1.807, 2.05) is 26.0 Å². The van der Waals surface area contributed by atoms with Crippen molar-refractivity contribution in [1.82, 2.24) is 15.0 Å². The fourth-order valence-corrected chi connectivity index (χ4v) is 2.66. The molecule has 0 aliphatic rings. The monoisotopic (exact) mass is 340 g/mol. The van der Waals surface area contributed by atoms with Gasteiger partial charge in [0, 0.05) is 23.7 Å². The van der Waals surface area contributed by atoms with Crippen LogP contribution in [0.5, 0.6) is 11.5 Å². The highest BCUT2D eigenvalue weighted by molar-refractivity contribution is 5.92. The molecule has 1 atom stereocenters. The summed E-state index contributed by atoms with van der Waals surface area (Å²) in [5, 5.41) is 4.21. The summed E-state index contributed by atoms with van der Waals surface area (Å²) in [7, 11) is 3.18. The van der Waals surface area contributed by atoms with Crippen molar-refractivity contribution in [3.63, 3.8) is 0 Å². The summed E-state index contributed by atoms with van der Waals surface area (Å²) in [6.07, 6.45) is 1.69. The second kappa shape index (κ2) is 6.80. The number of methoxy groups -OCH3 is 2. The molecule has 1 aromatic carbocycles. The summed E-state index contributed by atoms with van der Waals surface area (Å²) in [5.41, 5.74) is 1.59. The molecule has 7 nitrogen and oxygen atoms in total. The van der Waals surface area contributed by atoms with Crippen LogP contribution in [0, 0.1) is 6.92 Å². The van der Waals surface area contributed by atoms with Crippen molar-refractivity contribution in [1.29, 1.82) is 0 Å². The van der Waals surface area contributed by atoms with E-state index in [-0.39, 0.29) is 11.6 Å². The highest BCUT2D eigenvalue weighted by Crippen LogP contribution is 2.34. The normalized spacial score (nSPS) is 12.0. The third kappa shape index (κ3) is 3.40. The fraction of sp³-hybridized carbons (Fsp3) is 0.278. The van der Waals surface area contributed by atoms with Crippen molar-refractivity contribution in [2.45, 2.75) is 19.9 Å². The highest BCUT2D eigenvalue weighted by Gasteiger charge is 2.14. The molecule has 0 fully saturated rings. The summed E-state index contributed by atoms with van der Waals surface area (Å²) in [4.78, 5) is 22.9. The van der Waals surface area contributed by atoms with Crippen molar-refractivity contribution in [2.24, 2.45) is 0 Å². The van der Waals surface area contributed by atoms with Crippen LogP contribution in [0.1, 0.15) is 24.4 Å². The van der Waals surface area contributed by atoms with E-state index in [1.165, 1.54) is 6.07 Å². The minimum Gasteiger partial charge on any atom is -0.493 e. The topological polar surface area (TPSA) is 89.1 Å². The van der Waals surface area contributed by atoms with Crippen molar-refractivity contribution >= 4 is 16.7 Å². The van der Waals surface area contributed by atoms with Crippen LogP contribution in [-0.2, 0) is 0 Å². The minimum absolute atomic E-state index is 0.0533. The maximum Gasteiger partial charge on any atom is 0.247 e. The zero-order chi connectivity index (χ0) is 18.0. The van der Waals surface area contributed by atoms with Gasteiger partial charge in [0.2, 0.25) is 5.56 Å². The SMILES string of the molecule is COc1cc2nc(C)nc(NC(C)c3ccc(=O)[nH]c3)c2cc1OC. The van der Waals surface area contributed by atoms with Crippen LogP contribution in [0.4, 0.5) is 5.82 Å². The number of ether oxygens (including phenoxy) is 2. The maximum atomic E-state index is 11.2. The molecule has 0 aliphatic carbocycles. The zero-order valence-corrected chi connectivity index (χ0v) is 14.6. The lowest BCUT2D eigenvalue weighted by molar-refractivity contribution is 0.356. The van der Waals surface area contributed by atoms with Gasteiger partial charge in [-0.05, 0) is 25.5 Å². The first-order chi connectivity index (χ1) is 12.0. The lowest BCUT2D eigenvalue weighted by Crippen LogP contribution is -2.12. The van der Waals surface area contributed by atoms with E-state index in [2.05, 4.69) is 20.3 Å². The standard InChI is InChI=1S/C18H20N4O3/c1-10(12-5-6-17(23)19-9-12)20-18-13-7-15(24-3)16(25-4)8-14(13)21-11(2)22-18/h5-10H,1-4H3,(H,19,23)(H,20,21,22). The number of rotatable bonds is 5. The van der Waals surface area contributed by atoms with Gasteiger partial charge in [-0.3, -0.25) is 4.79 Å². The summed E-state index contributed by atoms with van der Waals surface area (Å²) in [6.45, 7) is 3.84. The Morgan fingerprint density at radius 3 is 2.48 bits per heavy atom. The second-order valence-corrected chi connectivity index (χ2v) is 5.70. The molecule has 1 unspecified atom stereocenters. The third-order valence-corrected chi connectivity index (χ3v) is 3.97. The second-order valence-electron chi connectivity index (χ2n) is 5.70. The number of nitrogens with one attached hydrogen (secondary N) is 2. The smallest absolute Gasteiger partial charge is 0.247 e. The number of aromatic nitrogens is 3. The molecule has 3 aromatic rings. The van der Waals surface area contributed by atoms with E-state index in [4.69, 9.17) is 9.47 Å². The van der Waals surface area contributed by atoms with Crippen molar-refractivity contribution in [3.05, 3.63) is 52.2 Å². The zero-order valence-electron chi connectivity index (χ0n) is 14.6. The Morgan fingerprint density at radius 2 is 1.84 bits per heavy atom. The van der Waals surface area contributed by atoms with Crippen LogP contribution in [0.2, 0.25) is 0 Å². The number of anilines is 1. The first-order valence-corrected chi connectivity index (χ1v) is 7.87. The Morgan fingerprint density at radius 1 is 1.12 bits per heavy atom. The molecule has 0 bridgehead atoms. The summed E-state index contributed by atoms with van der Waals surface area (Å²) in [5.74, 6) is 2.58. The molecule has 7 heteroatoms. The van der Waals surface area contributed by atoms with Gasteiger partial charge in [-0.2, -0.15) is 0 Å². The van der Waals surface area contributed by atoms with Crippen molar-refractivity contribution in [3.8, 4) is 11.5 Å². The van der Waals surface area contributed by atoms with Gasteiger partial charge in [0.05, 0.1) is 25.8 Å². The molecule has 2 N–H and O–H groups in total. The third-order valence-electron chi connectivity index (χ3n) is 3.97. The van der Waals surface area contributed by atoms with Crippen LogP contribution in [0.15, 0.2) is 35.3 Å². The number of pyridine rings is 1. The molecular weight excluding hydrogens is 320 g/mol. The predicted octanol–water partition coefficient (Wildman–Crippen LogP) is 2.82.